The topological polar surface area (TPSA) is 77.8 Å². The van der Waals surface area contributed by atoms with Crippen molar-refractivity contribution in [3.8, 4) is 11.5 Å². The van der Waals surface area contributed by atoms with Gasteiger partial charge in [-0.25, -0.2) is 4.79 Å². The van der Waals surface area contributed by atoms with E-state index in [4.69, 9.17) is 13.9 Å². The summed E-state index contributed by atoms with van der Waals surface area (Å²) in [5, 5.41) is 3.55. The molecule has 0 spiro atoms. The summed E-state index contributed by atoms with van der Waals surface area (Å²) < 4.78 is 16.4. The molecule has 6 nitrogen and oxygen atoms in total. The summed E-state index contributed by atoms with van der Waals surface area (Å²) >= 11 is 0. The predicted octanol–water partition coefficient (Wildman–Crippen LogP) is 3.29. The number of aryl methyl sites for hydroxylation is 3. The number of carbonyl (C=O) groups is 1. The van der Waals surface area contributed by atoms with Crippen LogP contribution in [0.3, 0.4) is 0 Å². The smallest absolute Gasteiger partial charge is 0.336 e. The third kappa shape index (κ3) is 4.71. The Kier molecular flexibility index (Phi) is 5.99. The van der Waals surface area contributed by atoms with Gasteiger partial charge in [0.1, 0.15) is 23.7 Å². The van der Waals surface area contributed by atoms with Crippen molar-refractivity contribution in [2.75, 3.05) is 19.8 Å². The second-order valence-electron chi connectivity index (χ2n) is 6.61. The van der Waals surface area contributed by atoms with E-state index < -0.39 is 0 Å². The number of carbonyl (C=O) groups excluding carboxylic acids is 1. The van der Waals surface area contributed by atoms with Crippen LogP contribution in [0, 0.1) is 20.8 Å². The molecule has 0 aliphatic heterocycles. The largest absolute Gasteiger partial charge is 0.491 e. The van der Waals surface area contributed by atoms with Crippen molar-refractivity contribution in [1.82, 2.24) is 5.32 Å². The Morgan fingerprint density at radius 2 is 1.75 bits per heavy atom. The number of benzene rings is 2. The molecule has 0 aliphatic rings. The number of hydrogen-bond donors (Lipinski definition) is 1. The summed E-state index contributed by atoms with van der Waals surface area (Å²) in [4.78, 5) is 23.4. The first-order chi connectivity index (χ1) is 13.4. The Hall–Kier alpha value is -3.28. The third-order valence-electron chi connectivity index (χ3n) is 4.37. The molecular weight excluding hydrogens is 358 g/mol. The molecule has 3 aromatic rings. The van der Waals surface area contributed by atoms with Crippen LogP contribution >= 0.6 is 0 Å². The van der Waals surface area contributed by atoms with Crippen LogP contribution in [-0.2, 0) is 4.79 Å². The van der Waals surface area contributed by atoms with Gasteiger partial charge in [-0.05, 0) is 55.7 Å². The molecule has 0 unspecified atom stereocenters. The van der Waals surface area contributed by atoms with Gasteiger partial charge in [-0.1, -0.05) is 18.2 Å². The quantitative estimate of drug-likeness (QED) is 0.502. The summed E-state index contributed by atoms with van der Waals surface area (Å²) in [5.74, 6) is 1.15. The Morgan fingerprint density at radius 1 is 1.00 bits per heavy atom. The van der Waals surface area contributed by atoms with Crippen LogP contribution in [0.4, 0.5) is 0 Å². The number of fused-ring (bicyclic) bond motifs is 1. The molecule has 0 atom stereocenters. The molecule has 0 fully saturated rings. The normalized spacial score (nSPS) is 10.7. The van der Waals surface area contributed by atoms with E-state index in [1.165, 1.54) is 6.07 Å². The number of amides is 1. The molecule has 0 bridgehead atoms. The molecule has 0 aliphatic carbocycles. The predicted molar refractivity (Wildman–Crippen MR) is 107 cm³/mol. The van der Waals surface area contributed by atoms with Crippen molar-refractivity contribution in [1.29, 1.82) is 0 Å². The summed E-state index contributed by atoms with van der Waals surface area (Å²) in [6, 6.07) is 12.5. The van der Waals surface area contributed by atoms with E-state index in [9.17, 15) is 9.59 Å². The van der Waals surface area contributed by atoms with E-state index in [0.717, 1.165) is 27.8 Å². The average molecular weight is 381 g/mol. The van der Waals surface area contributed by atoms with Crippen LogP contribution in [0.15, 0.2) is 51.7 Å². The summed E-state index contributed by atoms with van der Waals surface area (Å²) in [5.41, 5.74) is 3.03. The molecule has 146 valence electrons. The van der Waals surface area contributed by atoms with Gasteiger partial charge >= 0.3 is 5.63 Å². The number of ether oxygens (including phenoxy) is 2. The fourth-order valence-electron chi connectivity index (χ4n) is 2.96. The first-order valence-corrected chi connectivity index (χ1v) is 9.07. The van der Waals surface area contributed by atoms with Crippen LogP contribution < -0.4 is 20.4 Å². The lowest BCUT2D eigenvalue weighted by molar-refractivity contribution is -0.123. The Labute approximate surface area is 163 Å². The van der Waals surface area contributed by atoms with Crippen LogP contribution in [-0.4, -0.2) is 25.7 Å². The molecule has 1 N–H and O–H groups in total. The number of rotatable bonds is 7. The van der Waals surface area contributed by atoms with Gasteiger partial charge in [0.15, 0.2) is 6.61 Å². The van der Waals surface area contributed by atoms with Gasteiger partial charge in [0.2, 0.25) is 0 Å². The summed E-state index contributed by atoms with van der Waals surface area (Å²) in [7, 11) is 0. The van der Waals surface area contributed by atoms with Crippen molar-refractivity contribution in [3.05, 3.63) is 69.6 Å². The van der Waals surface area contributed by atoms with E-state index in [-0.39, 0.29) is 18.1 Å². The van der Waals surface area contributed by atoms with Gasteiger partial charge in [0.05, 0.1) is 6.54 Å². The van der Waals surface area contributed by atoms with Crippen molar-refractivity contribution >= 4 is 16.9 Å². The fourth-order valence-corrected chi connectivity index (χ4v) is 2.96. The van der Waals surface area contributed by atoms with Crippen molar-refractivity contribution < 1.29 is 18.7 Å². The zero-order valence-electron chi connectivity index (χ0n) is 16.2. The number of nitrogens with one attached hydrogen (secondary N) is 1. The lowest BCUT2D eigenvalue weighted by Gasteiger charge is -2.12. The molecule has 1 aromatic heterocycles. The minimum Gasteiger partial charge on any atom is -0.491 e. The molecule has 1 heterocycles. The first kappa shape index (κ1) is 19.5. The maximum absolute atomic E-state index is 12.0. The highest BCUT2D eigenvalue weighted by atomic mass is 16.5. The molecule has 0 radical (unpaired) electrons. The Bertz CT molecular complexity index is 1030. The molecule has 3 rings (SSSR count). The van der Waals surface area contributed by atoms with Crippen LogP contribution in [0.5, 0.6) is 11.5 Å². The molecular formula is C22H23NO5. The van der Waals surface area contributed by atoms with Gasteiger partial charge in [-0.2, -0.15) is 0 Å². The Morgan fingerprint density at radius 3 is 2.50 bits per heavy atom. The van der Waals surface area contributed by atoms with Gasteiger partial charge in [0.25, 0.3) is 5.91 Å². The lowest BCUT2D eigenvalue weighted by Crippen LogP contribution is -2.32. The van der Waals surface area contributed by atoms with Gasteiger partial charge in [-0.3, -0.25) is 4.79 Å². The highest BCUT2D eigenvalue weighted by Crippen LogP contribution is 2.23. The van der Waals surface area contributed by atoms with E-state index in [0.29, 0.717) is 24.5 Å². The van der Waals surface area contributed by atoms with Crippen LogP contribution in [0.2, 0.25) is 0 Å². The maximum atomic E-state index is 12.0. The minimum absolute atomic E-state index is 0.106. The van der Waals surface area contributed by atoms with E-state index in [1.54, 1.807) is 18.2 Å². The molecule has 6 heteroatoms. The van der Waals surface area contributed by atoms with Crippen molar-refractivity contribution in [2.24, 2.45) is 0 Å². The molecule has 2 aromatic carbocycles. The number of para-hydroxylation sites is 1. The van der Waals surface area contributed by atoms with E-state index in [1.807, 2.05) is 39.0 Å². The molecule has 28 heavy (non-hydrogen) atoms. The standard InChI is InChI=1S/C22H23NO5/c1-14-5-4-6-15(2)22(14)26-10-9-23-20(24)13-27-17-7-8-19-18(12-17)16(3)11-21(25)28-19/h4-8,11-12H,9-10,13H2,1-3H3,(H,23,24). The summed E-state index contributed by atoms with van der Waals surface area (Å²) in [6.07, 6.45) is 0. The molecule has 0 saturated carbocycles. The van der Waals surface area contributed by atoms with Crippen molar-refractivity contribution in [3.63, 3.8) is 0 Å². The van der Waals surface area contributed by atoms with Crippen molar-refractivity contribution in [2.45, 2.75) is 20.8 Å². The van der Waals surface area contributed by atoms with Gasteiger partial charge in [-0.15, -0.1) is 0 Å². The number of hydrogen-bond acceptors (Lipinski definition) is 5. The highest BCUT2D eigenvalue weighted by molar-refractivity contribution is 5.82. The fraction of sp³-hybridized carbons (Fsp3) is 0.273. The SMILES string of the molecule is Cc1cccc(C)c1OCCNC(=O)COc1ccc2oc(=O)cc(C)c2c1. The zero-order chi connectivity index (χ0) is 20.1. The molecule has 0 saturated heterocycles. The summed E-state index contributed by atoms with van der Waals surface area (Å²) in [6.45, 7) is 6.47. The third-order valence-corrected chi connectivity index (χ3v) is 4.37. The highest BCUT2D eigenvalue weighted by Gasteiger charge is 2.07. The molecule has 1 amide bonds. The Balaban J connectivity index is 1.48. The van der Waals surface area contributed by atoms with Crippen LogP contribution in [0.25, 0.3) is 11.0 Å². The maximum Gasteiger partial charge on any atom is 0.336 e. The lowest BCUT2D eigenvalue weighted by atomic mass is 10.1. The van der Waals surface area contributed by atoms with E-state index >= 15 is 0 Å². The first-order valence-electron chi connectivity index (χ1n) is 9.07. The average Bonchev–Trinajstić information content (AvgIpc) is 2.65. The minimum atomic E-state index is -0.388. The van der Waals surface area contributed by atoms with Gasteiger partial charge in [0, 0.05) is 11.5 Å². The monoisotopic (exact) mass is 381 g/mol. The second-order valence-corrected chi connectivity index (χ2v) is 6.61. The van der Waals surface area contributed by atoms with Crippen LogP contribution in [0.1, 0.15) is 16.7 Å². The van der Waals surface area contributed by atoms with Gasteiger partial charge < -0.3 is 19.2 Å². The zero-order valence-corrected chi connectivity index (χ0v) is 16.2. The second kappa shape index (κ2) is 8.61. The van der Waals surface area contributed by atoms with E-state index in [2.05, 4.69) is 5.32 Å².